The monoisotopic (exact) mass is 412 g/mol. The number of aryl methyl sites for hydroxylation is 2. The Balaban J connectivity index is 1.56. The van der Waals surface area contributed by atoms with Crippen molar-refractivity contribution in [2.45, 2.75) is 24.5 Å². The Kier molecular flexibility index (Phi) is 6.54. The van der Waals surface area contributed by atoms with Crippen LogP contribution < -0.4 is 5.43 Å². The van der Waals surface area contributed by atoms with Crippen LogP contribution in [-0.4, -0.2) is 21.9 Å². The average Bonchev–Trinajstić information content (AvgIpc) is 2.94. The van der Waals surface area contributed by atoms with E-state index in [0.29, 0.717) is 5.56 Å². The van der Waals surface area contributed by atoms with Gasteiger partial charge in [-0.1, -0.05) is 23.7 Å². The number of nitrogens with zero attached hydrogens (tertiary/aromatic N) is 3. The van der Waals surface area contributed by atoms with Crippen LogP contribution in [0.1, 0.15) is 32.9 Å². The minimum Gasteiger partial charge on any atom is -0.272 e. The number of hydrogen-bond acceptors (Lipinski definition) is 4. The second-order valence-electron chi connectivity index (χ2n) is 6.35. The highest BCUT2D eigenvalue weighted by Gasteiger charge is 2.08. The van der Waals surface area contributed by atoms with E-state index in [1.54, 1.807) is 22.7 Å². The number of carbonyl (C=O) groups is 1. The number of carbonyl (C=O) groups excluding carboxylic acids is 1. The molecule has 28 heavy (non-hydrogen) atoms. The largest absolute Gasteiger partial charge is 0.272 e. The number of halogens is 1. The number of hydrogen-bond donors (Lipinski definition) is 1. The summed E-state index contributed by atoms with van der Waals surface area (Å²) in [5.74, 6) is 0.577. The Morgan fingerprint density at radius 1 is 1.18 bits per heavy atom. The van der Waals surface area contributed by atoms with Crippen LogP contribution in [0, 0.1) is 13.8 Å². The fourth-order valence-electron chi connectivity index (χ4n) is 2.65. The van der Waals surface area contributed by atoms with Gasteiger partial charge in [-0.2, -0.15) is 10.2 Å². The quantitative estimate of drug-likeness (QED) is 0.361. The van der Waals surface area contributed by atoms with Crippen molar-refractivity contribution in [3.63, 3.8) is 0 Å². The molecule has 7 heteroatoms. The minimum atomic E-state index is -0.243. The lowest BCUT2D eigenvalue weighted by Crippen LogP contribution is -2.17. The molecule has 3 rings (SSSR count). The Morgan fingerprint density at radius 2 is 1.86 bits per heavy atom. The molecule has 1 aromatic heterocycles. The van der Waals surface area contributed by atoms with Crippen molar-refractivity contribution >= 4 is 35.5 Å². The van der Waals surface area contributed by atoms with Gasteiger partial charge in [-0.05, 0) is 55.8 Å². The standard InChI is InChI=1S/C21H21ClN4OS/c1-14-20(15(2)26(3)25-14)12-23-24-21(27)17-6-4-16(5-7-17)13-28-19-10-8-18(22)9-11-19/h4-12H,13H2,1-3H3,(H,24,27)/b23-12+. The first kappa shape index (κ1) is 20.2. The van der Waals surface area contributed by atoms with Crippen LogP contribution in [0.5, 0.6) is 0 Å². The van der Waals surface area contributed by atoms with Gasteiger partial charge in [0.15, 0.2) is 0 Å². The summed E-state index contributed by atoms with van der Waals surface area (Å²) in [6.07, 6.45) is 1.63. The van der Waals surface area contributed by atoms with Crippen molar-refractivity contribution in [2.24, 2.45) is 12.1 Å². The number of hydrazone groups is 1. The predicted octanol–water partition coefficient (Wildman–Crippen LogP) is 4.75. The lowest BCUT2D eigenvalue weighted by Gasteiger charge is -2.04. The van der Waals surface area contributed by atoms with Crippen molar-refractivity contribution in [2.75, 3.05) is 0 Å². The van der Waals surface area contributed by atoms with Crippen LogP contribution in [0.25, 0.3) is 0 Å². The summed E-state index contributed by atoms with van der Waals surface area (Å²) in [6, 6.07) is 15.3. The van der Waals surface area contributed by atoms with Gasteiger partial charge in [0.2, 0.25) is 0 Å². The molecule has 0 fully saturated rings. The van der Waals surface area contributed by atoms with Crippen molar-refractivity contribution < 1.29 is 4.79 Å². The van der Waals surface area contributed by atoms with Gasteiger partial charge in [0.25, 0.3) is 5.91 Å². The first-order valence-corrected chi connectivity index (χ1v) is 10.1. The highest BCUT2D eigenvalue weighted by Crippen LogP contribution is 2.24. The molecule has 1 amide bonds. The third-order valence-corrected chi connectivity index (χ3v) is 5.70. The molecule has 3 aromatic rings. The van der Waals surface area contributed by atoms with Crippen LogP contribution in [0.2, 0.25) is 5.02 Å². The normalized spacial score (nSPS) is 11.1. The summed E-state index contributed by atoms with van der Waals surface area (Å²) in [4.78, 5) is 13.4. The zero-order valence-electron chi connectivity index (χ0n) is 15.9. The zero-order chi connectivity index (χ0) is 20.1. The summed E-state index contributed by atoms with van der Waals surface area (Å²) >= 11 is 7.62. The maximum absolute atomic E-state index is 12.3. The first-order valence-electron chi connectivity index (χ1n) is 8.75. The van der Waals surface area contributed by atoms with Crippen molar-refractivity contribution in [1.29, 1.82) is 0 Å². The predicted molar refractivity (Wildman–Crippen MR) is 115 cm³/mol. The lowest BCUT2D eigenvalue weighted by molar-refractivity contribution is 0.0955. The fourth-order valence-corrected chi connectivity index (χ4v) is 3.63. The fraction of sp³-hybridized carbons (Fsp3) is 0.190. The molecule has 0 unspecified atom stereocenters. The van der Waals surface area contributed by atoms with Gasteiger partial charge >= 0.3 is 0 Å². The number of amides is 1. The molecule has 144 valence electrons. The molecule has 0 aliphatic carbocycles. The maximum Gasteiger partial charge on any atom is 0.271 e. The van der Waals surface area contributed by atoms with Crippen molar-refractivity contribution in [3.05, 3.63) is 81.6 Å². The van der Waals surface area contributed by atoms with E-state index >= 15 is 0 Å². The van der Waals surface area contributed by atoms with E-state index in [1.165, 1.54) is 0 Å². The van der Waals surface area contributed by atoms with Crippen molar-refractivity contribution in [1.82, 2.24) is 15.2 Å². The first-order chi connectivity index (χ1) is 13.4. The van der Waals surface area contributed by atoms with Gasteiger partial charge in [-0.15, -0.1) is 11.8 Å². The Morgan fingerprint density at radius 3 is 2.46 bits per heavy atom. The minimum absolute atomic E-state index is 0.243. The Bertz CT molecular complexity index is 994. The molecule has 0 saturated carbocycles. The van der Waals surface area contributed by atoms with E-state index in [0.717, 1.165) is 38.2 Å². The highest BCUT2D eigenvalue weighted by atomic mass is 35.5. The molecule has 0 spiro atoms. The average molecular weight is 413 g/mol. The molecule has 2 aromatic carbocycles. The third kappa shape index (κ3) is 5.03. The number of benzene rings is 2. The van der Waals surface area contributed by atoms with E-state index < -0.39 is 0 Å². The molecule has 0 saturated heterocycles. The molecule has 0 radical (unpaired) electrons. The molecule has 5 nitrogen and oxygen atoms in total. The van der Waals surface area contributed by atoms with E-state index in [4.69, 9.17) is 11.6 Å². The van der Waals surface area contributed by atoms with Crippen LogP contribution in [0.4, 0.5) is 0 Å². The second-order valence-corrected chi connectivity index (χ2v) is 7.83. The SMILES string of the molecule is Cc1nn(C)c(C)c1/C=N/NC(=O)c1ccc(CSc2ccc(Cl)cc2)cc1. The number of aromatic nitrogens is 2. The maximum atomic E-state index is 12.3. The summed E-state index contributed by atoms with van der Waals surface area (Å²) in [6.45, 7) is 3.88. The van der Waals surface area contributed by atoms with E-state index in [1.807, 2.05) is 69.4 Å². The highest BCUT2D eigenvalue weighted by molar-refractivity contribution is 7.98. The molecule has 0 bridgehead atoms. The lowest BCUT2D eigenvalue weighted by atomic mass is 10.1. The molecular weight excluding hydrogens is 392 g/mol. The smallest absolute Gasteiger partial charge is 0.271 e. The topological polar surface area (TPSA) is 59.3 Å². The Labute approximate surface area is 173 Å². The Hall–Kier alpha value is -2.57. The third-order valence-electron chi connectivity index (χ3n) is 4.36. The van der Waals surface area contributed by atoms with Gasteiger partial charge in [0.05, 0.1) is 11.9 Å². The van der Waals surface area contributed by atoms with Crippen LogP contribution in [-0.2, 0) is 12.8 Å². The molecule has 0 atom stereocenters. The number of nitrogens with one attached hydrogen (secondary N) is 1. The second kappa shape index (κ2) is 9.08. The van der Waals surface area contributed by atoms with E-state index in [9.17, 15) is 4.79 Å². The van der Waals surface area contributed by atoms with Crippen LogP contribution in [0.15, 0.2) is 58.5 Å². The molecule has 0 aliphatic heterocycles. The molecule has 1 N–H and O–H groups in total. The van der Waals surface area contributed by atoms with Gasteiger partial charge in [0.1, 0.15) is 0 Å². The number of rotatable bonds is 6. The summed E-state index contributed by atoms with van der Waals surface area (Å²) in [7, 11) is 1.88. The summed E-state index contributed by atoms with van der Waals surface area (Å²) < 4.78 is 1.79. The summed E-state index contributed by atoms with van der Waals surface area (Å²) in [5.41, 5.74) is 7.06. The van der Waals surface area contributed by atoms with Crippen LogP contribution in [0.3, 0.4) is 0 Å². The molecule has 0 aliphatic rings. The zero-order valence-corrected chi connectivity index (χ0v) is 17.5. The van der Waals surface area contributed by atoms with Crippen molar-refractivity contribution in [3.8, 4) is 0 Å². The number of thioether (sulfide) groups is 1. The molecular formula is C21H21ClN4OS. The molecule has 1 heterocycles. The van der Waals surface area contributed by atoms with E-state index in [-0.39, 0.29) is 5.91 Å². The van der Waals surface area contributed by atoms with Gasteiger partial charge in [-0.25, -0.2) is 5.43 Å². The van der Waals surface area contributed by atoms with Crippen LogP contribution >= 0.6 is 23.4 Å². The van der Waals surface area contributed by atoms with Gasteiger partial charge in [-0.3, -0.25) is 9.48 Å². The van der Waals surface area contributed by atoms with Gasteiger partial charge < -0.3 is 0 Å². The van der Waals surface area contributed by atoms with Gasteiger partial charge in [0, 0.05) is 39.5 Å². The summed E-state index contributed by atoms with van der Waals surface area (Å²) in [5, 5.41) is 9.12. The van der Waals surface area contributed by atoms with E-state index in [2.05, 4.69) is 15.6 Å².